The number of rotatable bonds is 7. The van der Waals surface area contributed by atoms with Crippen molar-refractivity contribution in [2.45, 2.75) is 39.7 Å². The van der Waals surface area contributed by atoms with Gasteiger partial charge in [-0.1, -0.05) is 45.0 Å². The molecule has 1 N–H and O–H groups in total. The van der Waals surface area contributed by atoms with E-state index in [4.69, 9.17) is 4.74 Å². The van der Waals surface area contributed by atoms with Crippen LogP contribution in [0.5, 0.6) is 0 Å². The van der Waals surface area contributed by atoms with Gasteiger partial charge in [-0.15, -0.1) is 0 Å². The molecular formula is C16H26O2. The normalized spacial score (nSPS) is 14.8. The number of methoxy groups -OCH3 is 1. The standard InChI is InChI=1S/C16H26O2/c1-12(2)11-14-5-7-15(8-6-14)16(17)13(3)9-10-18-4/h5-8,12-13,16-17H,9-11H2,1-4H3. The molecule has 0 spiro atoms. The summed E-state index contributed by atoms with van der Waals surface area (Å²) in [6.45, 7) is 7.19. The van der Waals surface area contributed by atoms with Crippen molar-refractivity contribution in [2.75, 3.05) is 13.7 Å². The van der Waals surface area contributed by atoms with E-state index in [0.29, 0.717) is 12.5 Å². The minimum absolute atomic E-state index is 0.223. The predicted octanol–water partition coefficient (Wildman–Crippen LogP) is 3.59. The Labute approximate surface area is 111 Å². The van der Waals surface area contributed by atoms with E-state index in [1.165, 1.54) is 5.56 Å². The molecular weight excluding hydrogens is 224 g/mol. The fourth-order valence-corrected chi connectivity index (χ4v) is 2.11. The van der Waals surface area contributed by atoms with Crippen LogP contribution in [0.2, 0.25) is 0 Å². The molecule has 2 heteroatoms. The SMILES string of the molecule is COCCC(C)C(O)c1ccc(CC(C)C)cc1. The fourth-order valence-electron chi connectivity index (χ4n) is 2.11. The van der Waals surface area contributed by atoms with Crippen LogP contribution in [0.1, 0.15) is 44.4 Å². The highest BCUT2D eigenvalue weighted by molar-refractivity contribution is 5.24. The number of aliphatic hydroxyl groups is 1. The van der Waals surface area contributed by atoms with E-state index in [2.05, 4.69) is 32.9 Å². The van der Waals surface area contributed by atoms with Gasteiger partial charge >= 0.3 is 0 Å². The molecule has 102 valence electrons. The Balaban J connectivity index is 2.60. The van der Waals surface area contributed by atoms with E-state index in [1.807, 2.05) is 12.1 Å². The van der Waals surface area contributed by atoms with Gasteiger partial charge in [0.2, 0.25) is 0 Å². The molecule has 0 aliphatic rings. The Hall–Kier alpha value is -0.860. The third-order valence-electron chi connectivity index (χ3n) is 3.28. The highest BCUT2D eigenvalue weighted by Crippen LogP contribution is 2.24. The van der Waals surface area contributed by atoms with Crippen molar-refractivity contribution in [2.24, 2.45) is 11.8 Å². The molecule has 0 saturated carbocycles. The van der Waals surface area contributed by atoms with Crippen LogP contribution in [0.25, 0.3) is 0 Å². The smallest absolute Gasteiger partial charge is 0.0816 e. The highest BCUT2D eigenvalue weighted by Gasteiger charge is 2.15. The first-order valence-electron chi connectivity index (χ1n) is 6.80. The summed E-state index contributed by atoms with van der Waals surface area (Å²) in [4.78, 5) is 0. The molecule has 18 heavy (non-hydrogen) atoms. The zero-order chi connectivity index (χ0) is 13.5. The van der Waals surface area contributed by atoms with Gasteiger partial charge in [-0.05, 0) is 35.8 Å². The largest absolute Gasteiger partial charge is 0.388 e. The predicted molar refractivity (Wildman–Crippen MR) is 75.6 cm³/mol. The molecule has 0 amide bonds. The number of hydrogen-bond acceptors (Lipinski definition) is 2. The van der Waals surface area contributed by atoms with Crippen LogP contribution in [-0.2, 0) is 11.2 Å². The first kappa shape index (κ1) is 15.2. The number of ether oxygens (including phenoxy) is 1. The molecule has 0 aromatic heterocycles. The summed E-state index contributed by atoms with van der Waals surface area (Å²) in [6, 6.07) is 8.35. The van der Waals surface area contributed by atoms with Gasteiger partial charge in [0.1, 0.15) is 0 Å². The molecule has 0 aliphatic heterocycles. The van der Waals surface area contributed by atoms with Crippen molar-refractivity contribution in [3.63, 3.8) is 0 Å². The molecule has 0 radical (unpaired) electrons. The van der Waals surface area contributed by atoms with Gasteiger partial charge in [-0.3, -0.25) is 0 Å². The van der Waals surface area contributed by atoms with Crippen molar-refractivity contribution in [3.05, 3.63) is 35.4 Å². The maximum absolute atomic E-state index is 10.2. The van der Waals surface area contributed by atoms with E-state index >= 15 is 0 Å². The lowest BCUT2D eigenvalue weighted by atomic mass is 9.93. The summed E-state index contributed by atoms with van der Waals surface area (Å²) in [5.41, 5.74) is 2.34. The number of hydrogen-bond donors (Lipinski definition) is 1. The van der Waals surface area contributed by atoms with E-state index in [-0.39, 0.29) is 5.92 Å². The van der Waals surface area contributed by atoms with Gasteiger partial charge < -0.3 is 9.84 Å². The molecule has 1 aromatic rings. The van der Waals surface area contributed by atoms with Crippen molar-refractivity contribution in [1.29, 1.82) is 0 Å². The van der Waals surface area contributed by atoms with Crippen LogP contribution in [-0.4, -0.2) is 18.8 Å². The minimum Gasteiger partial charge on any atom is -0.388 e. The second-order valence-corrected chi connectivity index (χ2v) is 5.54. The lowest BCUT2D eigenvalue weighted by Crippen LogP contribution is -2.11. The van der Waals surface area contributed by atoms with Crippen LogP contribution in [0.4, 0.5) is 0 Å². The van der Waals surface area contributed by atoms with Crippen LogP contribution >= 0.6 is 0 Å². The third kappa shape index (κ3) is 4.79. The lowest BCUT2D eigenvalue weighted by molar-refractivity contribution is 0.0886. The summed E-state index contributed by atoms with van der Waals surface area (Å²) in [6.07, 6.45) is 1.58. The number of benzene rings is 1. The van der Waals surface area contributed by atoms with E-state index in [0.717, 1.165) is 18.4 Å². The highest BCUT2D eigenvalue weighted by atomic mass is 16.5. The Morgan fingerprint density at radius 3 is 2.22 bits per heavy atom. The molecule has 0 heterocycles. The van der Waals surface area contributed by atoms with Crippen LogP contribution in [0, 0.1) is 11.8 Å². The van der Waals surface area contributed by atoms with Gasteiger partial charge in [0.05, 0.1) is 6.10 Å². The summed E-state index contributed by atoms with van der Waals surface area (Å²) in [7, 11) is 1.69. The third-order valence-corrected chi connectivity index (χ3v) is 3.28. The van der Waals surface area contributed by atoms with Gasteiger partial charge in [-0.25, -0.2) is 0 Å². The van der Waals surface area contributed by atoms with Gasteiger partial charge in [0.15, 0.2) is 0 Å². The van der Waals surface area contributed by atoms with Crippen molar-refractivity contribution >= 4 is 0 Å². The molecule has 0 aliphatic carbocycles. The summed E-state index contributed by atoms with van der Waals surface area (Å²) < 4.78 is 5.05. The van der Waals surface area contributed by atoms with Crippen molar-refractivity contribution in [1.82, 2.24) is 0 Å². The monoisotopic (exact) mass is 250 g/mol. The second-order valence-electron chi connectivity index (χ2n) is 5.54. The average molecular weight is 250 g/mol. The van der Waals surface area contributed by atoms with Gasteiger partial charge in [-0.2, -0.15) is 0 Å². The van der Waals surface area contributed by atoms with Crippen LogP contribution in [0.15, 0.2) is 24.3 Å². The Morgan fingerprint density at radius 2 is 1.72 bits per heavy atom. The van der Waals surface area contributed by atoms with E-state index in [9.17, 15) is 5.11 Å². The Morgan fingerprint density at radius 1 is 1.11 bits per heavy atom. The zero-order valence-electron chi connectivity index (χ0n) is 12.0. The molecule has 0 bridgehead atoms. The first-order chi connectivity index (χ1) is 8.54. The summed E-state index contributed by atoms with van der Waals surface area (Å²) >= 11 is 0. The van der Waals surface area contributed by atoms with Gasteiger partial charge in [0.25, 0.3) is 0 Å². The van der Waals surface area contributed by atoms with E-state index in [1.54, 1.807) is 7.11 Å². The maximum Gasteiger partial charge on any atom is 0.0816 e. The topological polar surface area (TPSA) is 29.5 Å². The minimum atomic E-state index is -0.395. The summed E-state index contributed by atoms with van der Waals surface area (Å²) in [5.74, 6) is 0.891. The first-order valence-corrected chi connectivity index (χ1v) is 6.80. The molecule has 2 nitrogen and oxygen atoms in total. The molecule has 2 unspecified atom stereocenters. The van der Waals surface area contributed by atoms with Crippen molar-refractivity contribution < 1.29 is 9.84 Å². The quantitative estimate of drug-likeness (QED) is 0.801. The lowest BCUT2D eigenvalue weighted by Gasteiger charge is -2.19. The molecule has 0 fully saturated rings. The van der Waals surface area contributed by atoms with Crippen LogP contribution < -0.4 is 0 Å². The second kappa shape index (κ2) is 7.55. The van der Waals surface area contributed by atoms with Crippen molar-refractivity contribution in [3.8, 4) is 0 Å². The molecule has 1 rings (SSSR count). The van der Waals surface area contributed by atoms with Crippen LogP contribution in [0.3, 0.4) is 0 Å². The summed E-state index contributed by atoms with van der Waals surface area (Å²) in [5, 5.41) is 10.2. The maximum atomic E-state index is 10.2. The Bertz CT molecular complexity index is 329. The molecule has 2 atom stereocenters. The Kier molecular flexibility index (Phi) is 6.37. The number of aliphatic hydroxyl groups excluding tert-OH is 1. The molecule has 1 aromatic carbocycles. The van der Waals surface area contributed by atoms with E-state index < -0.39 is 6.10 Å². The van der Waals surface area contributed by atoms with Gasteiger partial charge in [0, 0.05) is 13.7 Å². The zero-order valence-corrected chi connectivity index (χ0v) is 12.0. The average Bonchev–Trinajstić information content (AvgIpc) is 2.35. The fraction of sp³-hybridized carbons (Fsp3) is 0.625. The molecule has 0 saturated heterocycles.